The average Bonchev–Trinajstić information content (AvgIpc) is 2.82. The van der Waals surface area contributed by atoms with Gasteiger partial charge >= 0.3 is 5.97 Å². The highest BCUT2D eigenvalue weighted by molar-refractivity contribution is 5.97. The number of amides is 1. The van der Waals surface area contributed by atoms with Crippen molar-refractivity contribution in [1.29, 1.82) is 0 Å². The number of aromatic carboxylic acids is 1. The summed E-state index contributed by atoms with van der Waals surface area (Å²) in [6.45, 7) is 2.99. The number of carbonyl (C=O) groups is 2. The van der Waals surface area contributed by atoms with Gasteiger partial charge in [0.1, 0.15) is 12.2 Å². The summed E-state index contributed by atoms with van der Waals surface area (Å²) < 4.78 is 1.31. The zero-order valence-corrected chi connectivity index (χ0v) is 18.3. The maximum Gasteiger partial charge on any atom is 0.341 e. The number of aromatic hydroxyl groups is 1. The number of rotatable bonds is 7. The van der Waals surface area contributed by atoms with Crippen LogP contribution in [-0.4, -0.2) is 44.9 Å². The normalized spacial score (nSPS) is 13.2. The number of nitrogens with zero attached hydrogens (tertiary/aromatic N) is 3. The van der Waals surface area contributed by atoms with Gasteiger partial charge in [-0.25, -0.2) is 4.79 Å². The fourth-order valence-electron chi connectivity index (χ4n) is 4.04. The molecule has 0 atom stereocenters. The van der Waals surface area contributed by atoms with E-state index in [1.165, 1.54) is 4.68 Å². The number of aromatic nitrogens is 1. The zero-order valence-electron chi connectivity index (χ0n) is 18.3. The predicted molar refractivity (Wildman–Crippen MR) is 124 cm³/mol. The number of hydrogen-bond acceptors (Lipinski definition) is 5. The Labute approximate surface area is 190 Å². The number of carboxylic acids is 1. The summed E-state index contributed by atoms with van der Waals surface area (Å²) in [5.41, 5.74) is 1.11. The topological polar surface area (TPSA) is 103 Å². The first-order chi connectivity index (χ1) is 15.9. The third kappa shape index (κ3) is 4.19. The van der Waals surface area contributed by atoms with Crippen molar-refractivity contribution in [3.63, 3.8) is 0 Å². The molecular formula is C25H25N3O5. The first-order valence-electron chi connectivity index (χ1n) is 10.8. The van der Waals surface area contributed by atoms with Gasteiger partial charge in [-0.3, -0.25) is 19.3 Å². The fraction of sp³-hybridized carbons (Fsp3) is 0.240. The maximum atomic E-state index is 13.1. The zero-order chi connectivity index (χ0) is 23.5. The van der Waals surface area contributed by atoms with Gasteiger partial charge in [-0.15, -0.1) is 0 Å². The van der Waals surface area contributed by atoms with E-state index in [1.807, 2.05) is 61.5 Å². The minimum atomic E-state index is -1.46. The van der Waals surface area contributed by atoms with Crippen molar-refractivity contribution in [1.82, 2.24) is 9.58 Å². The van der Waals surface area contributed by atoms with Crippen LogP contribution >= 0.6 is 0 Å². The lowest BCUT2D eigenvalue weighted by Gasteiger charge is -2.40. The van der Waals surface area contributed by atoms with E-state index >= 15 is 0 Å². The maximum absolute atomic E-state index is 13.1. The molecule has 1 aromatic heterocycles. The second-order valence-electron chi connectivity index (χ2n) is 7.97. The van der Waals surface area contributed by atoms with E-state index in [0.717, 1.165) is 35.7 Å². The second-order valence-corrected chi connectivity index (χ2v) is 7.97. The summed E-state index contributed by atoms with van der Waals surface area (Å²) in [6.07, 6.45) is 2.76. The lowest BCUT2D eigenvalue weighted by molar-refractivity contribution is 0.0662. The third-order valence-electron chi connectivity index (χ3n) is 5.76. The molecule has 0 fully saturated rings. The van der Waals surface area contributed by atoms with E-state index in [0.29, 0.717) is 13.1 Å². The molecule has 0 spiro atoms. The van der Waals surface area contributed by atoms with E-state index < -0.39 is 28.6 Å². The van der Waals surface area contributed by atoms with Crippen LogP contribution in [0.3, 0.4) is 0 Å². The molecule has 2 heterocycles. The molecular weight excluding hydrogens is 422 g/mol. The molecule has 2 N–H and O–H groups in total. The van der Waals surface area contributed by atoms with Gasteiger partial charge in [0.15, 0.2) is 11.4 Å². The molecule has 3 aromatic rings. The van der Waals surface area contributed by atoms with E-state index in [9.17, 15) is 24.6 Å². The number of carbonyl (C=O) groups excluding carboxylic acids is 1. The van der Waals surface area contributed by atoms with E-state index in [-0.39, 0.29) is 12.4 Å². The number of pyridine rings is 1. The molecule has 1 amide bonds. The van der Waals surface area contributed by atoms with Gasteiger partial charge < -0.3 is 15.1 Å². The quantitative estimate of drug-likeness (QED) is 0.576. The fourth-order valence-corrected chi connectivity index (χ4v) is 4.04. The summed E-state index contributed by atoms with van der Waals surface area (Å²) in [7, 11) is 0. The molecule has 1 aliphatic heterocycles. The summed E-state index contributed by atoms with van der Waals surface area (Å²) in [6, 6.07) is 17.7. The largest absolute Gasteiger partial charge is 0.502 e. The van der Waals surface area contributed by atoms with Crippen LogP contribution < -0.4 is 10.4 Å². The average molecular weight is 447 g/mol. The van der Waals surface area contributed by atoms with Crippen molar-refractivity contribution < 1.29 is 19.8 Å². The van der Waals surface area contributed by atoms with Crippen LogP contribution in [0.15, 0.2) is 65.6 Å². The molecule has 0 radical (unpaired) electrons. The molecule has 1 aliphatic rings. The highest BCUT2D eigenvalue weighted by Crippen LogP contribution is 2.27. The second kappa shape index (κ2) is 9.20. The number of fused-ring (bicyclic) bond motifs is 1. The van der Waals surface area contributed by atoms with Crippen LogP contribution in [0.1, 0.15) is 46.2 Å². The monoisotopic (exact) mass is 447 g/mol. The van der Waals surface area contributed by atoms with Crippen molar-refractivity contribution in [2.75, 3.05) is 18.2 Å². The van der Waals surface area contributed by atoms with Gasteiger partial charge in [-0.05, 0) is 23.1 Å². The molecule has 33 heavy (non-hydrogen) atoms. The minimum Gasteiger partial charge on any atom is -0.502 e. The Morgan fingerprint density at radius 3 is 2.42 bits per heavy atom. The van der Waals surface area contributed by atoms with Crippen molar-refractivity contribution in [2.45, 2.75) is 26.3 Å². The Kier molecular flexibility index (Phi) is 6.17. The first kappa shape index (κ1) is 22.1. The molecule has 8 heteroatoms. The summed E-state index contributed by atoms with van der Waals surface area (Å²) in [4.78, 5) is 38.7. The number of hydrogen-bond donors (Lipinski definition) is 2. The van der Waals surface area contributed by atoms with Gasteiger partial charge in [-0.1, -0.05) is 67.9 Å². The van der Waals surface area contributed by atoms with Gasteiger partial charge in [0.05, 0.1) is 6.54 Å². The summed E-state index contributed by atoms with van der Waals surface area (Å²) in [5, 5.41) is 21.8. The van der Waals surface area contributed by atoms with Crippen molar-refractivity contribution in [3.05, 3.63) is 87.8 Å². The first-order valence-corrected chi connectivity index (χ1v) is 10.8. The third-order valence-corrected chi connectivity index (χ3v) is 5.76. The van der Waals surface area contributed by atoms with Crippen LogP contribution in [0.2, 0.25) is 0 Å². The molecule has 8 nitrogen and oxygen atoms in total. The van der Waals surface area contributed by atoms with E-state index in [4.69, 9.17) is 0 Å². The predicted octanol–water partition coefficient (Wildman–Crippen LogP) is 3.27. The summed E-state index contributed by atoms with van der Waals surface area (Å²) >= 11 is 0. The van der Waals surface area contributed by atoms with E-state index in [1.54, 1.807) is 9.91 Å². The van der Waals surface area contributed by atoms with Crippen LogP contribution in [0.5, 0.6) is 5.75 Å². The highest BCUT2D eigenvalue weighted by atomic mass is 16.4. The van der Waals surface area contributed by atoms with Crippen molar-refractivity contribution >= 4 is 11.9 Å². The molecule has 0 aliphatic carbocycles. The smallest absolute Gasteiger partial charge is 0.341 e. The molecule has 4 rings (SSSR count). The van der Waals surface area contributed by atoms with Crippen molar-refractivity contribution in [2.24, 2.45) is 0 Å². The Morgan fingerprint density at radius 1 is 1.03 bits per heavy atom. The van der Waals surface area contributed by atoms with E-state index in [2.05, 4.69) is 0 Å². The number of unbranched alkanes of at least 4 members (excludes halogenated alkanes) is 1. The standard InChI is InChI=1S/C25H25N3O5/c1-2-3-13-26-16-27(14-18-11-7-8-12-19(18)17-9-5-4-6-10-17)28-15-20(25(32)33)22(29)23(30)21(28)24(26)31/h4-12,15,30H,2-3,13-14,16H2,1H3,(H,32,33). The highest BCUT2D eigenvalue weighted by Gasteiger charge is 2.34. The molecule has 0 saturated heterocycles. The SMILES string of the molecule is CCCCN1CN(Cc2ccccc2-c2ccccc2)n2cc(C(=O)O)c(=O)c(O)c2C1=O. The van der Waals surface area contributed by atoms with Crippen molar-refractivity contribution in [3.8, 4) is 16.9 Å². The summed E-state index contributed by atoms with van der Waals surface area (Å²) in [5.74, 6) is -2.80. The van der Waals surface area contributed by atoms with Crippen LogP contribution in [0, 0.1) is 0 Å². The number of carboxylic acid groups (broad SMARTS) is 1. The van der Waals surface area contributed by atoms with Crippen LogP contribution in [0.4, 0.5) is 0 Å². The lowest BCUT2D eigenvalue weighted by atomic mass is 9.99. The van der Waals surface area contributed by atoms with Gasteiger partial charge in [0.2, 0.25) is 5.43 Å². The van der Waals surface area contributed by atoms with Gasteiger partial charge in [-0.2, -0.15) is 0 Å². The molecule has 170 valence electrons. The Balaban J connectivity index is 1.83. The van der Waals surface area contributed by atoms with Gasteiger partial charge in [0, 0.05) is 12.7 Å². The van der Waals surface area contributed by atoms with Gasteiger partial charge in [0.25, 0.3) is 5.91 Å². The minimum absolute atomic E-state index is 0.191. The molecule has 0 saturated carbocycles. The van der Waals surface area contributed by atoms with Crippen LogP contribution in [-0.2, 0) is 6.54 Å². The Hall–Kier alpha value is -4.07. The number of benzene rings is 2. The Bertz CT molecular complexity index is 1250. The molecule has 0 bridgehead atoms. The Morgan fingerprint density at radius 2 is 1.73 bits per heavy atom. The van der Waals surface area contributed by atoms with Crippen LogP contribution in [0.25, 0.3) is 11.1 Å². The molecule has 0 unspecified atom stereocenters. The lowest BCUT2D eigenvalue weighted by Crippen LogP contribution is -2.54. The molecule has 2 aromatic carbocycles.